The highest BCUT2D eigenvalue weighted by atomic mass is 32.2. The lowest BCUT2D eigenvalue weighted by atomic mass is 10.2. The number of halogens is 1. The molecule has 1 atom stereocenters. The molecular weight excluding hydrogens is 373 g/mol. The van der Waals surface area contributed by atoms with Crippen LogP contribution in [0.3, 0.4) is 0 Å². The lowest BCUT2D eigenvalue weighted by Gasteiger charge is -2.07. The van der Waals surface area contributed by atoms with E-state index in [1.165, 1.54) is 48.5 Å². The van der Waals surface area contributed by atoms with Gasteiger partial charge in [-0.3, -0.25) is 9.59 Å². The summed E-state index contributed by atoms with van der Waals surface area (Å²) in [6.07, 6.45) is -0.0646. The molecule has 1 aliphatic heterocycles. The number of carbonyl (C=O) groups excluding carboxylic acids is 2. The second kappa shape index (κ2) is 8.00. The second-order valence-electron chi connectivity index (χ2n) is 5.62. The number of aliphatic imine (C=N–C) groups is 1. The predicted octanol–water partition coefficient (Wildman–Crippen LogP) is 2.77. The van der Waals surface area contributed by atoms with Crippen molar-refractivity contribution in [2.45, 2.75) is 11.7 Å². The Kier molecular flexibility index (Phi) is 5.51. The van der Waals surface area contributed by atoms with E-state index in [-0.39, 0.29) is 23.8 Å². The number of rotatable bonds is 5. The van der Waals surface area contributed by atoms with Crippen LogP contribution in [-0.2, 0) is 9.59 Å². The zero-order chi connectivity index (χ0) is 19.4. The van der Waals surface area contributed by atoms with Gasteiger partial charge >= 0.3 is 5.97 Å². The third-order valence-electron chi connectivity index (χ3n) is 3.62. The maximum Gasteiger partial charge on any atom is 0.335 e. The third kappa shape index (κ3) is 4.91. The number of amidine groups is 1. The van der Waals surface area contributed by atoms with Gasteiger partial charge in [0.1, 0.15) is 11.1 Å². The van der Waals surface area contributed by atoms with Gasteiger partial charge in [0, 0.05) is 12.1 Å². The van der Waals surface area contributed by atoms with E-state index in [4.69, 9.17) is 5.11 Å². The van der Waals surface area contributed by atoms with Gasteiger partial charge in [0.2, 0.25) is 11.8 Å². The third-order valence-corrected chi connectivity index (χ3v) is 4.70. The van der Waals surface area contributed by atoms with Crippen LogP contribution in [0.15, 0.2) is 53.5 Å². The fourth-order valence-electron chi connectivity index (χ4n) is 2.30. The molecule has 9 heteroatoms. The van der Waals surface area contributed by atoms with E-state index < -0.39 is 17.0 Å². The minimum Gasteiger partial charge on any atom is -0.478 e. The quantitative estimate of drug-likeness (QED) is 0.731. The van der Waals surface area contributed by atoms with Crippen LogP contribution >= 0.6 is 11.8 Å². The molecule has 138 valence electrons. The van der Waals surface area contributed by atoms with Crippen LogP contribution in [0.2, 0.25) is 0 Å². The maximum absolute atomic E-state index is 12.9. The van der Waals surface area contributed by atoms with Crippen LogP contribution in [0.4, 0.5) is 15.8 Å². The number of amides is 2. The molecule has 3 rings (SSSR count). The number of nitrogens with one attached hydrogen (secondary N) is 2. The number of hydrogen-bond acceptors (Lipinski definition) is 5. The van der Waals surface area contributed by atoms with E-state index in [0.29, 0.717) is 16.5 Å². The number of thioether (sulfide) groups is 1. The second-order valence-corrected chi connectivity index (χ2v) is 6.82. The van der Waals surface area contributed by atoms with E-state index in [0.717, 1.165) is 11.8 Å². The summed E-state index contributed by atoms with van der Waals surface area (Å²) in [5.41, 5.74) is 1.06. The van der Waals surface area contributed by atoms with Gasteiger partial charge in [0.15, 0.2) is 5.17 Å². The van der Waals surface area contributed by atoms with Crippen LogP contribution in [0.25, 0.3) is 0 Å². The summed E-state index contributed by atoms with van der Waals surface area (Å²) in [4.78, 5) is 39.2. The minimum absolute atomic E-state index is 0.0646. The van der Waals surface area contributed by atoms with Gasteiger partial charge in [-0.1, -0.05) is 11.8 Å². The van der Waals surface area contributed by atoms with Gasteiger partial charge in [-0.2, -0.15) is 0 Å². The highest BCUT2D eigenvalue weighted by molar-refractivity contribution is 8.15. The highest BCUT2D eigenvalue weighted by Gasteiger charge is 2.32. The predicted molar refractivity (Wildman–Crippen MR) is 99.7 cm³/mol. The maximum atomic E-state index is 12.9. The monoisotopic (exact) mass is 387 g/mol. The van der Waals surface area contributed by atoms with Gasteiger partial charge < -0.3 is 15.7 Å². The Labute approximate surface area is 157 Å². The van der Waals surface area contributed by atoms with Crippen LogP contribution < -0.4 is 10.6 Å². The van der Waals surface area contributed by atoms with E-state index in [9.17, 15) is 18.8 Å². The van der Waals surface area contributed by atoms with E-state index in [1.54, 1.807) is 0 Å². The summed E-state index contributed by atoms with van der Waals surface area (Å²) >= 11 is 1.12. The lowest BCUT2D eigenvalue weighted by Crippen LogP contribution is -2.28. The molecule has 3 N–H and O–H groups in total. The first-order valence-corrected chi connectivity index (χ1v) is 8.73. The zero-order valence-electron chi connectivity index (χ0n) is 13.8. The van der Waals surface area contributed by atoms with Crippen molar-refractivity contribution >= 4 is 46.1 Å². The zero-order valence-corrected chi connectivity index (χ0v) is 14.6. The normalized spacial score (nSPS) is 17.6. The summed E-state index contributed by atoms with van der Waals surface area (Å²) in [7, 11) is 0. The van der Waals surface area contributed by atoms with Crippen LogP contribution in [-0.4, -0.2) is 33.3 Å². The summed E-state index contributed by atoms with van der Waals surface area (Å²) in [5.74, 6) is -2.16. The van der Waals surface area contributed by atoms with Gasteiger partial charge in [0.05, 0.1) is 11.3 Å². The molecule has 0 aliphatic carbocycles. The first-order valence-electron chi connectivity index (χ1n) is 7.86. The molecule has 0 spiro atoms. The highest BCUT2D eigenvalue weighted by Crippen LogP contribution is 2.25. The van der Waals surface area contributed by atoms with Crippen LogP contribution in [0.5, 0.6) is 0 Å². The molecule has 1 fully saturated rings. The molecule has 0 unspecified atom stereocenters. The number of aromatic carboxylic acids is 1. The Morgan fingerprint density at radius 2 is 1.81 bits per heavy atom. The molecule has 7 nitrogen and oxygen atoms in total. The van der Waals surface area contributed by atoms with Gasteiger partial charge in [0.25, 0.3) is 0 Å². The van der Waals surface area contributed by atoms with Crippen LogP contribution in [0.1, 0.15) is 16.8 Å². The van der Waals surface area contributed by atoms with Crippen LogP contribution in [0, 0.1) is 5.82 Å². The first-order chi connectivity index (χ1) is 12.9. The molecule has 2 aromatic rings. The SMILES string of the molecule is O=C(C[C@@H]1SC(=Nc2ccc(C(=O)O)cc2)NC1=O)Nc1ccc(F)cc1. The van der Waals surface area contributed by atoms with Crippen molar-refractivity contribution in [2.24, 2.45) is 4.99 Å². The van der Waals surface area contributed by atoms with Crippen molar-refractivity contribution in [3.63, 3.8) is 0 Å². The molecule has 0 aromatic heterocycles. The fraction of sp³-hybridized carbons (Fsp3) is 0.111. The van der Waals surface area contributed by atoms with Gasteiger partial charge in [-0.15, -0.1) is 0 Å². The Bertz CT molecular complexity index is 913. The minimum atomic E-state index is -1.04. The molecule has 1 heterocycles. The van der Waals surface area contributed by atoms with Crippen molar-refractivity contribution in [2.75, 3.05) is 5.32 Å². The molecule has 1 aliphatic rings. The van der Waals surface area contributed by atoms with E-state index in [2.05, 4.69) is 15.6 Å². The number of nitrogens with zero attached hydrogens (tertiary/aromatic N) is 1. The average molecular weight is 387 g/mol. The standard InChI is InChI=1S/C18H14FN3O4S/c19-11-3-7-12(8-4-11)20-15(23)9-14-16(24)22-18(27-14)21-13-5-1-10(2-6-13)17(25)26/h1-8,14H,9H2,(H,20,23)(H,25,26)(H,21,22,24)/t14-/m0/s1. The number of benzene rings is 2. The number of hydrogen-bond donors (Lipinski definition) is 3. The summed E-state index contributed by atoms with van der Waals surface area (Å²) in [5, 5.41) is 13.8. The molecule has 0 radical (unpaired) electrons. The Balaban J connectivity index is 1.60. The molecule has 0 saturated carbocycles. The van der Waals surface area contributed by atoms with Gasteiger partial charge in [-0.25, -0.2) is 14.2 Å². The fourth-order valence-corrected chi connectivity index (χ4v) is 3.29. The Morgan fingerprint density at radius 1 is 1.15 bits per heavy atom. The van der Waals surface area contributed by atoms with E-state index >= 15 is 0 Å². The average Bonchev–Trinajstić information content (AvgIpc) is 2.96. The Morgan fingerprint density at radius 3 is 2.44 bits per heavy atom. The molecule has 2 aromatic carbocycles. The molecule has 27 heavy (non-hydrogen) atoms. The number of anilines is 1. The molecule has 1 saturated heterocycles. The smallest absolute Gasteiger partial charge is 0.335 e. The first kappa shape index (κ1) is 18.6. The van der Waals surface area contributed by atoms with Crippen molar-refractivity contribution in [1.29, 1.82) is 0 Å². The molecular formula is C18H14FN3O4S. The van der Waals surface area contributed by atoms with E-state index in [1.807, 2.05) is 0 Å². The summed E-state index contributed by atoms with van der Waals surface area (Å²) in [6, 6.07) is 11.2. The van der Waals surface area contributed by atoms with Crippen molar-refractivity contribution in [3.05, 3.63) is 59.9 Å². The number of carboxylic acids is 1. The van der Waals surface area contributed by atoms with Crippen molar-refractivity contribution < 1.29 is 23.9 Å². The number of carbonyl (C=O) groups is 3. The topological polar surface area (TPSA) is 108 Å². The molecule has 0 bridgehead atoms. The van der Waals surface area contributed by atoms with Crippen molar-refractivity contribution in [1.82, 2.24) is 5.32 Å². The summed E-state index contributed by atoms with van der Waals surface area (Å²) in [6.45, 7) is 0. The van der Waals surface area contributed by atoms with Crippen molar-refractivity contribution in [3.8, 4) is 0 Å². The number of carboxylic acid groups (broad SMARTS) is 1. The summed E-state index contributed by atoms with van der Waals surface area (Å²) < 4.78 is 12.9. The lowest BCUT2D eigenvalue weighted by molar-refractivity contribution is -0.122. The molecule has 2 amide bonds. The van der Waals surface area contributed by atoms with Gasteiger partial charge in [-0.05, 0) is 48.5 Å². The largest absolute Gasteiger partial charge is 0.478 e. The Hall–Kier alpha value is -3.20.